The van der Waals surface area contributed by atoms with Crippen molar-refractivity contribution in [2.45, 2.75) is 5.03 Å². The minimum Gasteiger partial charge on any atom is -0.243 e. The molecule has 0 radical (unpaired) electrons. The normalized spacial score (nSPS) is 15.9. The van der Waals surface area contributed by atoms with Crippen LogP contribution in [0.15, 0.2) is 34.2 Å². The lowest BCUT2D eigenvalue weighted by Crippen LogP contribution is -1.95. The van der Waals surface area contributed by atoms with Gasteiger partial charge in [-0.1, -0.05) is 12.2 Å². The molecule has 0 fully saturated rings. The highest BCUT2D eigenvalue weighted by Gasteiger charge is 2.12. The van der Waals surface area contributed by atoms with Gasteiger partial charge in [0.2, 0.25) is 5.95 Å². The van der Waals surface area contributed by atoms with Crippen LogP contribution in [0.3, 0.4) is 0 Å². The predicted octanol–water partition coefficient (Wildman–Crippen LogP) is 1.89. The van der Waals surface area contributed by atoms with Crippen LogP contribution in [-0.2, 0) is 0 Å². The lowest BCUT2D eigenvalue weighted by atomic mass is 10.5. The largest absolute Gasteiger partial charge is 0.243 e. The van der Waals surface area contributed by atoms with E-state index >= 15 is 0 Å². The maximum Gasteiger partial charge on any atom is 0.232 e. The third kappa shape index (κ3) is 1.52. The Labute approximate surface area is 83.0 Å². The summed E-state index contributed by atoms with van der Waals surface area (Å²) in [5.74, 6) is -0.715. The Hall–Kier alpha value is -1.67. The van der Waals surface area contributed by atoms with Gasteiger partial charge in [-0.25, -0.2) is 9.97 Å². The Morgan fingerprint density at radius 1 is 1.36 bits per heavy atom. The Kier molecular flexibility index (Phi) is 2.29. The molecule has 3 nitrogen and oxygen atoms in total. The first-order chi connectivity index (χ1) is 6.81. The first-order valence-corrected chi connectivity index (χ1v) is 5.35. The number of hydrogen-bond donors (Lipinski definition) is 1. The van der Waals surface area contributed by atoms with Crippen LogP contribution in [0.25, 0.3) is 0 Å². The zero-order chi connectivity index (χ0) is 9.97. The number of nitriles is 1. The van der Waals surface area contributed by atoms with Gasteiger partial charge in [0, 0.05) is 0 Å². The molecule has 1 aliphatic rings. The molecule has 0 spiro atoms. The molecule has 1 aliphatic heterocycles. The topological polar surface area (TPSA) is 49.6 Å². The second kappa shape index (κ2) is 3.60. The van der Waals surface area contributed by atoms with Crippen molar-refractivity contribution >= 4 is 10.9 Å². The van der Waals surface area contributed by atoms with Crippen LogP contribution < -0.4 is 0 Å². The standard InChI is InChI=1S/C9H6FN3S/c10-8-6-12-9(7(5-11)13-8)14-3-1-2-4-14/h1-4,6,14H. The van der Waals surface area contributed by atoms with Crippen molar-refractivity contribution in [3.05, 3.63) is 40.8 Å². The van der Waals surface area contributed by atoms with E-state index in [0.29, 0.717) is 5.03 Å². The van der Waals surface area contributed by atoms with Gasteiger partial charge in [-0.15, -0.1) is 0 Å². The Bertz CT molecular complexity index is 450. The maximum absolute atomic E-state index is 12.7. The van der Waals surface area contributed by atoms with E-state index in [2.05, 4.69) is 9.97 Å². The van der Waals surface area contributed by atoms with Crippen molar-refractivity contribution in [2.24, 2.45) is 0 Å². The molecule has 1 aromatic heterocycles. The van der Waals surface area contributed by atoms with Gasteiger partial charge in [0.25, 0.3) is 0 Å². The number of aromatic nitrogens is 2. The fourth-order valence-corrected chi connectivity index (χ4v) is 2.59. The lowest BCUT2D eigenvalue weighted by molar-refractivity contribution is 0.569. The maximum atomic E-state index is 12.7. The fraction of sp³-hybridized carbons (Fsp3) is 0. The van der Waals surface area contributed by atoms with Crippen molar-refractivity contribution in [1.82, 2.24) is 9.97 Å². The summed E-state index contributed by atoms with van der Waals surface area (Å²) in [6.45, 7) is 0. The number of thiol groups is 1. The summed E-state index contributed by atoms with van der Waals surface area (Å²) >= 11 is 0. The number of hydrogen-bond acceptors (Lipinski definition) is 3. The first kappa shape index (κ1) is 8.91. The highest BCUT2D eigenvalue weighted by Crippen LogP contribution is 2.41. The monoisotopic (exact) mass is 207 g/mol. The fourth-order valence-electron chi connectivity index (χ4n) is 1.10. The predicted molar refractivity (Wildman–Crippen MR) is 52.2 cm³/mol. The first-order valence-electron chi connectivity index (χ1n) is 3.87. The van der Waals surface area contributed by atoms with Gasteiger partial charge < -0.3 is 0 Å². The molecule has 0 unspecified atom stereocenters. The SMILES string of the molecule is N#Cc1nc(F)cnc1[SH]1C=CC=C1. The molecule has 70 valence electrons. The number of rotatable bonds is 1. The van der Waals surface area contributed by atoms with Crippen LogP contribution in [0, 0.1) is 17.3 Å². The van der Waals surface area contributed by atoms with Gasteiger partial charge in [-0.2, -0.15) is 20.5 Å². The third-order valence-corrected chi connectivity index (χ3v) is 3.48. The highest BCUT2D eigenvalue weighted by molar-refractivity contribution is 8.22. The van der Waals surface area contributed by atoms with E-state index in [1.165, 1.54) is 0 Å². The van der Waals surface area contributed by atoms with E-state index in [1.54, 1.807) is 0 Å². The van der Waals surface area contributed by atoms with Gasteiger partial charge in [-0.3, -0.25) is 0 Å². The molecule has 0 amide bonds. The summed E-state index contributed by atoms with van der Waals surface area (Å²) in [5, 5.41) is 13.2. The Balaban J connectivity index is 2.48. The molecule has 1 aromatic rings. The van der Waals surface area contributed by atoms with Crippen LogP contribution in [0.4, 0.5) is 4.39 Å². The van der Waals surface area contributed by atoms with Crippen LogP contribution in [0.2, 0.25) is 0 Å². The van der Waals surface area contributed by atoms with E-state index in [1.807, 2.05) is 29.0 Å². The second-order valence-corrected chi connectivity index (χ2v) is 4.40. The smallest absolute Gasteiger partial charge is 0.232 e. The van der Waals surface area contributed by atoms with Crippen molar-refractivity contribution in [3.63, 3.8) is 0 Å². The average molecular weight is 207 g/mol. The van der Waals surface area contributed by atoms with Crippen LogP contribution in [0.1, 0.15) is 5.69 Å². The minimum absolute atomic E-state index is 0.0762. The molecular formula is C9H6FN3S. The van der Waals surface area contributed by atoms with Gasteiger partial charge in [0.1, 0.15) is 11.1 Å². The zero-order valence-corrected chi connectivity index (χ0v) is 7.95. The molecule has 0 atom stereocenters. The average Bonchev–Trinajstić information content (AvgIpc) is 2.70. The van der Waals surface area contributed by atoms with Crippen LogP contribution in [-0.4, -0.2) is 9.97 Å². The van der Waals surface area contributed by atoms with E-state index in [4.69, 9.17) is 5.26 Å². The van der Waals surface area contributed by atoms with E-state index in [0.717, 1.165) is 6.20 Å². The molecule has 5 heteroatoms. The summed E-state index contributed by atoms with van der Waals surface area (Å²) in [6.07, 6.45) is 4.81. The summed E-state index contributed by atoms with van der Waals surface area (Å²) in [4.78, 5) is 7.39. The van der Waals surface area contributed by atoms with Crippen LogP contribution >= 0.6 is 10.9 Å². The van der Waals surface area contributed by atoms with Crippen molar-refractivity contribution in [3.8, 4) is 6.07 Å². The molecule has 14 heavy (non-hydrogen) atoms. The summed E-state index contributed by atoms with van der Waals surface area (Å²) in [7, 11) is -0.703. The zero-order valence-electron chi connectivity index (χ0n) is 7.05. The molecule has 0 saturated carbocycles. The molecule has 0 bridgehead atoms. The van der Waals surface area contributed by atoms with Crippen LogP contribution in [0.5, 0.6) is 0 Å². The number of nitrogens with zero attached hydrogens (tertiary/aromatic N) is 3. The van der Waals surface area contributed by atoms with Crippen molar-refractivity contribution < 1.29 is 4.39 Å². The van der Waals surface area contributed by atoms with Crippen molar-refractivity contribution in [1.29, 1.82) is 5.26 Å². The van der Waals surface area contributed by atoms with Gasteiger partial charge >= 0.3 is 0 Å². The molecule has 2 heterocycles. The van der Waals surface area contributed by atoms with Crippen molar-refractivity contribution in [2.75, 3.05) is 0 Å². The highest BCUT2D eigenvalue weighted by atomic mass is 32.2. The second-order valence-electron chi connectivity index (χ2n) is 2.57. The minimum atomic E-state index is -0.715. The Morgan fingerprint density at radius 3 is 2.71 bits per heavy atom. The molecule has 0 aromatic carbocycles. The van der Waals surface area contributed by atoms with Gasteiger partial charge in [-0.05, 0) is 10.8 Å². The van der Waals surface area contributed by atoms with E-state index in [-0.39, 0.29) is 5.69 Å². The third-order valence-electron chi connectivity index (χ3n) is 1.68. The van der Waals surface area contributed by atoms with Gasteiger partial charge in [0.05, 0.1) is 6.20 Å². The van der Waals surface area contributed by atoms with E-state index < -0.39 is 16.8 Å². The summed E-state index contributed by atoms with van der Waals surface area (Å²) in [6, 6.07) is 1.85. The number of halogens is 1. The Morgan fingerprint density at radius 2 is 2.07 bits per heavy atom. The molecule has 0 aliphatic carbocycles. The molecule has 2 rings (SSSR count). The van der Waals surface area contributed by atoms with E-state index in [9.17, 15) is 4.39 Å². The molecule has 0 saturated heterocycles. The lowest BCUT2D eigenvalue weighted by Gasteiger charge is -2.09. The number of allylic oxidation sites excluding steroid dienone is 2. The molecule has 0 N–H and O–H groups in total. The quantitative estimate of drug-likeness (QED) is 0.715. The molecular weight excluding hydrogens is 201 g/mol. The van der Waals surface area contributed by atoms with Gasteiger partial charge in [0.15, 0.2) is 5.69 Å². The summed E-state index contributed by atoms with van der Waals surface area (Å²) in [5.41, 5.74) is 0.0762. The summed E-state index contributed by atoms with van der Waals surface area (Å²) < 4.78 is 12.7.